The Labute approximate surface area is 172 Å². The van der Waals surface area contributed by atoms with Gasteiger partial charge in [-0.05, 0) is 0 Å². The van der Waals surface area contributed by atoms with Gasteiger partial charge in [-0.1, -0.05) is 0 Å². The van der Waals surface area contributed by atoms with Gasteiger partial charge in [0.2, 0.25) is 0 Å². The van der Waals surface area contributed by atoms with Gasteiger partial charge in [0.1, 0.15) is 0 Å². The van der Waals surface area contributed by atoms with Crippen LogP contribution in [0.1, 0.15) is 9.99 Å². The number of rotatable bonds is 0. The van der Waals surface area contributed by atoms with E-state index in [1.54, 1.807) is 0 Å². The van der Waals surface area contributed by atoms with E-state index < -0.39 is 0 Å². The zero-order chi connectivity index (χ0) is 0. The monoisotopic (exact) mass is 314 g/mol. The van der Waals surface area contributed by atoms with Crippen molar-refractivity contribution in [2.24, 2.45) is 0 Å². The van der Waals surface area contributed by atoms with E-state index in [-0.39, 0.29) is 177 Å². The topological polar surface area (TPSA) is 31.5 Å². The largest absolute Gasteiger partial charge is 2.00 e. The van der Waals surface area contributed by atoms with Crippen molar-refractivity contribution < 1.29 is 45.0 Å². The first-order valence-corrected chi connectivity index (χ1v) is 0. The van der Waals surface area contributed by atoms with E-state index in [1.807, 2.05) is 0 Å². The van der Waals surface area contributed by atoms with Gasteiger partial charge in [0.05, 0.1) is 0 Å². The van der Waals surface area contributed by atoms with Gasteiger partial charge in [-0.3, -0.25) is 0 Å². The third-order valence-corrected chi connectivity index (χ3v) is 0. The van der Waals surface area contributed by atoms with Crippen molar-refractivity contribution in [1.82, 2.24) is 0 Å². The Bertz CT molecular complexity index is 23.4. The molecule has 0 aromatic rings. The van der Waals surface area contributed by atoms with E-state index in [9.17, 15) is 0 Å². The van der Waals surface area contributed by atoms with Crippen molar-refractivity contribution in [2.75, 3.05) is 0 Å². The fourth-order valence-corrected chi connectivity index (χ4v) is 0. The molecule has 0 spiro atoms. The van der Waals surface area contributed by atoms with Crippen LogP contribution in [0.5, 0.6) is 0 Å². The molecule has 5 heavy (non-hydrogen) atoms. The number of hydrogen-bond donors (Lipinski definition) is 0. The Hall–Kier alpha value is 5.27. The molecule has 0 rings (SSSR count). The standard InChI is InChI=1S/Ba.Ca.Na.H2O.Sr.7H/h;;;1H2;;;;;;;;/q2*+2;+1;;+2;7*-1. The van der Waals surface area contributed by atoms with Crippen molar-refractivity contribution >= 4 is 132 Å². The van der Waals surface area contributed by atoms with E-state index in [4.69, 9.17) is 0 Å². The second kappa shape index (κ2) is 22.8. The summed E-state index contributed by atoms with van der Waals surface area (Å²) in [5.74, 6) is 0. The molecular formula is H9BaCaNaOSr. The zero-order valence-electron chi connectivity index (χ0n) is 10.6. The molecule has 0 aromatic carbocycles. The average molecular weight is 313 g/mol. The fraction of sp³-hybridized carbons (Fsp3) is 0. The molecule has 1 nitrogen and oxygen atoms in total. The maximum absolute atomic E-state index is 0. The minimum atomic E-state index is 0. The maximum atomic E-state index is 0. The third-order valence-electron chi connectivity index (χ3n) is 0. The quantitative estimate of drug-likeness (QED) is 0.407. The van der Waals surface area contributed by atoms with E-state index in [0.717, 1.165) is 0 Å². The zero-order valence-corrected chi connectivity index (χ0v) is 15.7. The third kappa shape index (κ3) is 17.6. The molecule has 0 fully saturated rings. The fourth-order valence-electron chi connectivity index (χ4n) is 0. The molecule has 0 aliphatic rings. The number of hydrogen-bond acceptors (Lipinski definition) is 0. The molecule has 5 heteroatoms. The average Bonchev–Trinajstić information content (AvgIpc) is 0. The molecule has 0 radical (unpaired) electrons. The van der Waals surface area contributed by atoms with Crippen molar-refractivity contribution in [3.63, 3.8) is 0 Å². The Kier molecular flexibility index (Phi) is 145. The van der Waals surface area contributed by atoms with Gasteiger partial charge in [0.15, 0.2) is 0 Å². The summed E-state index contributed by atoms with van der Waals surface area (Å²) in [6.07, 6.45) is 0. The van der Waals surface area contributed by atoms with E-state index in [1.165, 1.54) is 0 Å². The molecule has 0 aliphatic heterocycles. The molecule has 0 atom stereocenters. The van der Waals surface area contributed by atoms with Crippen LogP contribution in [0.3, 0.4) is 0 Å². The van der Waals surface area contributed by atoms with E-state index in [2.05, 4.69) is 0 Å². The predicted octanol–water partition coefficient (Wildman–Crippen LogP) is -4.18. The van der Waals surface area contributed by atoms with Crippen molar-refractivity contribution in [3.8, 4) is 0 Å². The van der Waals surface area contributed by atoms with E-state index >= 15 is 0 Å². The first-order chi connectivity index (χ1) is 0. The summed E-state index contributed by atoms with van der Waals surface area (Å²) in [6, 6.07) is 0. The molecule has 0 heterocycles. The molecule has 0 amide bonds. The van der Waals surface area contributed by atoms with Crippen LogP contribution in [0.25, 0.3) is 0 Å². The van der Waals surface area contributed by atoms with Crippen molar-refractivity contribution in [2.45, 2.75) is 0 Å². The van der Waals surface area contributed by atoms with Crippen LogP contribution in [-0.4, -0.2) is 138 Å². The molecule has 0 saturated carbocycles. The first kappa shape index (κ1) is 31.8. The van der Waals surface area contributed by atoms with Gasteiger partial charge in [0, 0.05) is 0 Å². The van der Waals surface area contributed by atoms with Crippen LogP contribution >= 0.6 is 0 Å². The minimum absolute atomic E-state index is 0. The van der Waals surface area contributed by atoms with Gasteiger partial charge in [0.25, 0.3) is 0 Å². The predicted molar refractivity (Wildman–Crippen MR) is 28.7 cm³/mol. The molecule has 0 saturated heterocycles. The van der Waals surface area contributed by atoms with Gasteiger partial charge in [-0.25, -0.2) is 0 Å². The van der Waals surface area contributed by atoms with Gasteiger partial charge in [-0.2, -0.15) is 0 Å². The summed E-state index contributed by atoms with van der Waals surface area (Å²) in [7, 11) is 0. The van der Waals surface area contributed by atoms with Crippen molar-refractivity contribution in [1.29, 1.82) is 0 Å². The first-order valence-electron chi connectivity index (χ1n) is 0. The molecule has 0 unspecified atom stereocenters. The summed E-state index contributed by atoms with van der Waals surface area (Å²) < 4.78 is 0. The maximum Gasteiger partial charge on any atom is 2.00 e. The molecule has 2 N–H and O–H groups in total. The van der Waals surface area contributed by atoms with Crippen LogP contribution in [0.4, 0.5) is 0 Å². The SMILES string of the molecule is O.[Ba+2].[Ca+2].[H-].[H-].[H-].[H-].[H-].[H-].[H-].[Na+].[Sr+2]. The van der Waals surface area contributed by atoms with Gasteiger partial charge >= 0.3 is 162 Å². The normalized spacial score (nSPS) is 0. The minimum Gasteiger partial charge on any atom is -1.00 e. The van der Waals surface area contributed by atoms with Crippen LogP contribution in [0.2, 0.25) is 0 Å². The summed E-state index contributed by atoms with van der Waals surface area (Å²) in [6.45, 7) is 0. The molecular weight excluding hydrogens is 304 g/mol. The summed E-state index contributed by atoms with van der Waals surface area (Å²) >= 11 is 0. The van der Waals surface area contributed by atoms with Gasteiger partial charge < -0.3 is 15.5 Å². The molecule has 22 valence electrons. The van der Waals surface area contributed by atoms with E-state index in [0.29, 0.717) is 0 Å². The smallest absolute Gasteiger partial charge is 1.00 e. The Morgan fingerprint density at radius 3 is 1.20 bits per heavy atom. The Morgan fingerprint density at radius 2 is 1.20 bits per heavy atom. The summed E-state index contributed by atoms with van der Waals surface area (Å²) in [5, 5.41) is 0. The molecule has 0 aromatic heterocycles. The Morgan fingerprint density at radius 1 is 1.20 bits per heavy atom. The van der Waals surface area contributed by atoms with Crippen LogP contribution in [0, 0.1) is 0 Å². The van der Waals surface area contributed by atoms with Gasteiger partial charge in [-0.15, -0.1) is 0 Å². The molecule has 0 bridgehead atoms. The van der Waals surface area contributed by atoms with Crippen molar-refractivity contribution in [3.05, 3.63) is 0 Å². The molecule has 0 aliphatic carbocycles. The van der Waals surface area contributed by atoms with Crippen LogP contribution in [0.15, 0.2) is 0 Å². The second-order valence-electron chi connectivity index (χ2n) is 0. The van der Waals surface area contributed by atoms with Crippen LogP contribution in [-0.2, 0) is 0 Å². The second-order valence-corrected chi connectivity index (χ2v) is 0. The van der Waals surface area contributed by atoms with Crippen LogP contribution < -0.4 is 29.6 Å². The Balaban J connectivity index is 0. The summed E-state index contributed by atoms with van der Waals surface area (Å²) in [4.78, 5) is 0. The summed E-state index contributed by atoms with van der Waals surface area (Å²) in [5.41, 5.74) is 0.